The Morgan fingerprint density at radius 3 is 2.53 bits per heavy atom. The molecule has 0 amide bonds. The van der Waals surface area contributed by atoms with Crippen molar-refractivity contribution in [3.63, 3.8) is 0 Å². The molecule has 0 fully saturated rings. The Kier molecular flexibility index (Phi) is 2.39. The maximum Gasteiger partial charge on any atom is 0.122 e. The van der Waals surface area contributed by atoms with E-state index in [0.717, 1.165) is 0 Å². The fourth-order valence-electron chi connectivity index (χ4n) is 1.40. The highest BCUT2D eigenvalue weighted by atomic mass is 16.5. The van der Waals surface area contributed by atoms with Gasteiger partial charge in [0, 0.05) is 11.5 Å². The third kappa shape index (κ3) is 2.86. The molecule has 0 aliphatic heterocycles. The first-order chi connectivity index (χ1) is 8.58. The second kappa shape index (κ2) is 5.03. The van der Waals surface area contributed by atoms with Crippen molar-refractivity contribution in [3.8, 4) is 11.5 Å². The molecule has 1 rings (SSSR count). The summed E-state index contributed by atoms with van der Waals surface area (Å²) in [5, 5.41) is 0. The molecule has 0 spiro atoms. The number of hydrogen-bond acceptors (Lipinski definition) is 3. The summed E-state index contributed by atoms with van der Waals surface area (Å²) in [6.45, 7) is -0.722. The summed E-state index contributed by atoms with van der Waals surface area (Å²) in [4.78, 5) is 0. The quantitative estimate of drug-likeness (QED) is 0.830. The number of aryl methyl sites for hydroxylation is 1. The number of ether oxygens (including phenoxy) is 2. The predicted molar refractivity (Wildman–Crippen MR) is 61.6 cm³/mol. The molecule has 15 heavy (non-hydrogen) atoms. The van der Waals surface area contributed by atoms with E-state index in [9.17, 15) is 0 Å². The van der Waals surface area contributed by atoms with Crippen LogP contribution in [0.4, 0.5) is 0 Å². The molecule has 0 saturated heterocycles. The SMILES string of the molecule is [2H]C(C)(N)Cc1cc(OC)c(C([2H])([2H])[2H])cc1OC. The van der Waals surface area contributed by atoms with Gasteiger partial charge in [0.1, 0.15) is 11.5 Å². The lowest BCUT2D eigenvalue weighted by atomic mass is 10.0. The van der Waals surface area contributed by atoms with Crippen molar-refractivity contribution in [2.24, 2.45) is 5.73 Å². The molecule has 3 heteroatoms. The summed E-state index contributed by atoms with van der Waals surface area (Å²) in [5.41, 5.74) is 6.39. The second-order valence-corrected chi connectivity index (χ2v) is 3.39. The van der Waals surface area contributed by atoms with Gasteiger partial charge >= 0.3 is 0 Å². The summed E-state index contributed by atoms with van der Waals surface area (Å²) in [5.74, 6) is 0.649. The van der Waals surface area contributed by atoms with Gasteiger partial charge < -0.3 is 15.2 Å². The number of methoxy groups -OCH3 is 2. The first-order valence-electron chi connectivity index (χ1n) is 6.63. The van der Waals surface area contributed by atoms with E-state index in [1.54, 1.807) is 13.0 Å². The van der Waals surface area contributed by atoms with E-state index in [-0.39, 0.29) is 17.7 Å². The van der Waals surface area contributed by atoms with Gasteiger partial charge in [-0.05, 0) is 43.5 Å². The van der Waals surface area contributed by atoms with Crippen LogP contribution in [0.5, 0.6) is 11.5 Å². The van der Waals surface area contributed by atoms with Crippen molar-refractivity contribution in [3.05, 3.63) is 23.3 Å². The molecule has 0 heterocycles. The van der Waals surface area contributed by atoms with E-state index in [0.29, 0.717) is 11.3 Å². The Labute approximate surface area is 96.8 Å². The molecule has 0 aliphatic rings. The van der Waals surface area contributed by atoms with Gasteiger partial charge in [-0.3, -0.25) is 0 Å². The largest absolute Gasteiger partial charge is 0.496 e. The topological polar surface area (TPSA) is 44.5 Å². The third-order valence-corrected chi connectivity index (χ3v) is 2.07. The standard InChI is InChI=1S/C12H19NO2/c1-8-5-12(15-4)10(6-9(2)13)7-11(8)14-3/h5,7,9H,6,13H2,1-4H3/i1D3,9D. The second-order valence-electron chi connectivity index (χ2n) is 3.39. The molecule has 0 radical (unpaired) electrons. The van der Waals surface area contributed by atoms with Crippen LogP contribution < -0.4 is 15.2 Å². The normalized spacial score (nSPS) is 19.2. The highest BCUT2D eigenvalue weighted by Crippen LogP contribution is 2.28. The molecule has 0 aromatic heterocycles. The Morgan fingerprint density at radius 1 is 1.40 bits per heavy atom. The maximum absolute atomic E-state index is 7.72. The van der Waals surface area contributed by atoms with Crippen LogP contribution in [0.2, 0.25) is 0 Å². The number of benzene rings is 1. The first kappa shape index (κ1) is 7.12. The highest BCUT2D eigenvalue weighted by Gasteiger charge is 2.09. The van der Waals surface area contributed by atoms with E-state index in [1.165, 1.54) is 20.3 Å². The van der Waals surface area contributed by atoms with Crippen LogP contribution in [0.25, 0.3) is 0 Å². The number of hydrogen-bond donors (Lipinski definition) is 1. The van der Waals surface area contributed by atoms with Crippen LogP contribution in [0.1, 0.15) is 23.5 Å². The van der Waals surface area contributed by atoms with Gasteiger partial charge in [0.15, 0.2) is 0 Å². The lowest BCUT2D eigenvalue weighted by Crippen LogP contribution is -2.18. The Bertz CT molecular complexity index is 452. The van der Waals surface area contributed by atoms with Crippen LogP contribution >= 0.6 is 0 Å². The fourth-order valence-corrected chi connectivity index (χ4v) is 1.40. The fraction of sp³-hybridized carbons (Fsp3) is 0.500. The van der Waals surface area contributed by atoms with E-state index >= 15 is 0 Å². The van der Waals surface area contributed by atoms with Crippen molar-refractivity contribution in [2.45, 2.75) is 26.2 Å². The maximum atomic E-state index is 7.72. The van der Waals surface area contributed by atoms with Gasteiger partial charge in [0.25, 0.3) is 0 Å². The monoisotopic (exact) mass is 213 g/mol. The average molecular weight is 213 g/mol. The zero-order chi connectivity index (χ0) is 14.8. The van der Waals surface area contributed by atoms with Gasteiger partial charge in [0.05, 0.1) is 14.2 Å². The van der Waals surface area contributed by atoms with Crippen LogP contribution in [0.15, 0.2) is 12.1 Å². The zero-order valence-corrected chi connectivity index (χ0v) is 9.26. The summed E-state index contributed by atoms with van der Waals surface area (Å²) in [7, 11) is 2.86. The molecule has 84 valence electrons. The molecule has 0 saturated carbocycles. The molecule has 2 N–H and O–H groups in total. The minimum Gasteiger partial charge on any atom is -0.496 e. The average Bonchev–Trinajstić information content (AvgIpc) is 2.24. The van der Waals surface area contributed by atoms with Crippen LogP contribution in [-0.2, 0) is 6.42 Å². The minimum absolute atomic E-state index is 0.0827. The van der Waals surface area contributed by atoms with Crippen molar-refractivity contribution in [1.82, 2.24) is 0 Å². The van der Waals surface area contributed by atoms with E-state index < -0.39 is 12.9 Å². The van der Waals surface area contributed by atoms with Gasteiger partial charge in [-0.1, -0.05) is 0 Å². The predicted octanol–water partition coefficient (Wildman–Crippen LogP) is 1.90. The number of rotatable bonds is 4. The smallest absolute Gasteiger partial charge is 0.122 e. The molecule has 0 aliphatic carbocycles. The first-order valence-corrected chi connectivity index (χ1v) is 4.63. The van der Waals surface area contributed by atoms with Crippen molar-refractivity contribution in [1.29, 1.82) is 0 Å². The number of nitrogens with two attached hydrogens (primary N) is 1. The molecule has 1 atom stereocenters. The summed E-state index contributed by atoms with van der Waals surface area (Å²) < 4.78 is 40.4. The van der Waals surface area contributed by atoms with E-state index in [1.807, 2.05) is 0 Å². The molecular weight excluding hydrogens is 190 g/mol. The van der Waals surface area contributed by atoms with E-state index in [4.69, 9.17) is 20.7 Å². The van der Waals surface area contributed by atoms with Gasteiger partial charge in [-0.15, -0.1) is 0 Å². The Balaban J connectivity index is 3.36. The lowest BCUT2D eigenvalue weighted by Gasteiger charge is -2.14. The van der Waals surface area contributed by atoms with Crippen LogP contribution in [-0.4, -0.2) is 20.2 Å². The van der Waals surface area contributed by atoms with Crippen molar-refractivity contribution >= 4 is 0 Å². The summed E-state index contributed by atoms with van der Waals surface area (Å²) >= 11 is 0. The van der Waals surface area contributed by atoms with Crippen molar-refractivity contribution < 1.29 is 15.0 Å². The third-order valence-electron chi connectivity index (χ3n) is 2.07. The van der Waals surface area contributed by atoms with Crippen molar-refractivity contribution in [2.75, 3.05) is 14.2 Å². The molecule has 3 nitrogen and oxygen atoms in total. The van der Waals surface area contributed by atoms with Crippen LogP contribution in [0.3, 0.4) is 0 Å². The molecular formula is C12H19NO2. The van der Waals surface area contributed by atoms with Crippen LogP contribution in [0, 0.1) is 6.85 Å². The molecule has 1 aromatic rings. The van der Waals surface area contributed by atoms with E-state index in [2.05, 4.69) is 0 Å². The molecule has 1 aromatic carbocycles. The Morgan fingerprint density at radius 2 is 2.07 bits per heavy atom. The van der Waals surface area contributed by atoms with Gasteiger partial charge in [0.2, 0.25) is 0 Å². The zero-order valence-electron chi connectivity index (χ0n) is 13.3. The highest BCUT2D eigenvalue weighted by molar-refractivity contribution is 5.46. The summed E-state index contributed by atoms with van der Waals surface area (Å²) in [6, 6.07) is 1.83. The van der Waals surface area contributed by atoms with Gasteiger partial charge in [-0.25, -0.2) is 0 Å². The summed E-state index contributed by atoms with van der Waals surface area (Å²) in [6.07, 6.45) is 0.230. The molecule has 0 bridgehead atoms. The molecule has 1 unspecified atom stereocenters. The Hall–Kier alpha value is -1.22. The lowest BCUT2D eigenvalue weighted by molar-refractivity contribution is 0.395. The van der Waals surface area contributed by atoms with Gasteiger partial charge in [-0.2, -0.15) is 0 Å². The minimum atomic E-state index is -2.29.